The molecule has 1 aliphatic carbocycles. The molecule has 1 aliphatic heterocycles. The summed E-state index contributed by atoms with van der Waals surface area (Å²) >= 11 is 0. The number of fused-ring (bicyclic) bond motifs is 1. The van der Waals surface area contributed by atoms with Crippen molar-refractivity contribution < 1.29 is 4.79 Å². The van der Waals surface area contributed by atoms with E-state index < -0.39 is 0 Å². The lowest BCUT2D eigenvalue weighted by atomic mass is 10.1. The number of aryl methyl sites for hydroxylation is 1. The molecule has 0 N–H and O–H groups in total. The number of likely N-dealkylation sites (N-methyl/N-ethyl adjacent to an activating group) is 1. The number of carbonyl (C=O) groups excluding carboxylic acids is 1. The van der Waals surface area contributed by atoms with Gasteiger partial charge in [-0.2, -0.15) is 0 Å². The van der Waals surface area contributed by atoms with Gasteiger partial charge in [0, 0.05) is 37.1 Å². The third kappa shape index (κ3) is 2.83. The fourth-order valence-electron chi connectivity index (χ4n) is 4.06. The van der Waals surface area contributed by atoms with Gasteiger partial charge in [-0.15, -0.1) is 0 Å². The maximum absolute atomic E-state index is 12.9. The number of pyridine rings is 1. The topological polar surface area (TPSA) is 62.2 Å². The summed E-state index contributed by atoms with van der Waals surface area (Å²) in [4.78, 5) is 31.1. The average molecular weight is 351 g/mol. The second-order valence-electron chi connectivity index (χ2n) is 6.90. The Hall–Kier alpha value is -2.50. The summed E-state index contributed by atoms with van der Waals surface area (Å²) in [5.74, 6) is 1.83. The highest BCUT2D eigenvalue weighted by atomic mass is 16.2. The molecular weight excluding hydrogens is 326 g/mol. The van der Waals surface area contributed by atoms with E-state index in [1.807, 2.05) is 30.0 Å². The number of amides is 1. The molecule has 3 heterocycles. The van der Waals surface area contributed by atoms with Crippen LogP contribution in [0, 0.1) is 0 Å². The molecule has 136 valence electrons. The van der Waals surface area contributed by atoms with Crippen molar-refractivity contribution in [3.8, 4) is 11.5 Å². The van der Waals surface area contributed by atoms with E-state index in [-0.39, 0.29) is 11.9 Å². The standard InChI is InChI=1S/C20H25N5O/c1-3-17-20(26)24(4-2)12-13-25(17)19-14-8-7-10-15(14)22-18(23-19)16-9-5-6-11-21-16/h5-6,9,11,17H,3-4,7-8,10,12-13H2,1-2H3. The fraction of sp³-hybridized carbons (Fsp3) is 0.500. The Kier molecular flexibility index (Phi) is 4.57. The molecule has 0 spiro atoms. The average Bonchev–Trinajstić information content (AvgIpc) is 3.16. The molecule has 0 aromatic carbocycles. The number of hydrogen-bond donors (Lipinski definition) is 0. The molecule has 0 saturated carbocycles. The molecule has 1 fully saturated rings. The first-order chi connectivity index (χ1) is 12.7. The normalized spacial score (nSPS) is 19.8. The first kappa shape index (κ1) is 16.9. The Morgan fingerprint density at radius 3 is 2.77 bits per heavy atom. The largest absolute Gasteiger partial charge is 0.342 e. The molecule has 0 radical (unpaired) electrons. The summed E-state index contributed by atoms with van der Waals surface area (Å²) in [5.41, 5.74) is 3.13. The van der Waals surface area contributed by atoms with Gasteiger partial charge in [-0.1, -0.05) is 13.0 Å². The Morgan fingerprint density at radius 2 is 2.04 bits per heavy atom. The lowest BCUT2D eigenvalue weighted by molar-refractivity contribution is -0.134. The van der Waals surface area contributed by atoms with Gasteiger partial charge < -0.3 is 9.80 Å². The molecule has 26 heavy (non-hydrogen) atoms. The lowest BCUT2D eigenvalue weighted by Gasteiger charge is -2.41. The van der Waals surface area contributed by atoms with Crippen LogP contribution in [0.3, 0.4) is 0 Å². The summed E-state index contributed by atoms with van der Waals surface area (Å²) < 4.78 is 0. The summed E-state index contributed by atoms with van der Waals surface area (Å²) in [7, 11) is 0. The third-order valence-corrected chi connectivity index (χ3v) is 5.43. The zero-order chi connectivity index (χ0) is 18.1. The number of anilines is 1. The van der Waals surface area contributed by atoms with Crippen molar-refractivity contribution in [3.63, 3.8) is 0 Å². The number of hydrogen-bond acceptors (Lipinski definition) is 5. The van der Waals surface area contributed by atoms with Gasteiger partial charge in [0.15, 0.2) is 5.82 Å². The van der Waals surface area contributed by atoms with E-state index in [0.717, 1.165) is 62.5 Å². The fourth-order valence-corrected chi connectivity index (χ4v) is 4.06. The Morgan fingerprint density at radius 1 is 1.15 bits per heavy atom. The molecule has 1 amide bonds. The van der Waals surface area contributed by atoms with E-state index in [9.17, 15) is 4.79 Å². The molecule has 1 unspecified atom stereocenters. The highest BCUT2D eigenvalue weighted by molar-refractivity contribution is 5.86. The van der Waals surface area contributed by atoms with Crippen molar-refractivity contribution in [2.45, 2.75) is 45.6 Å². The molecule has 4 rings (SSSR count). The second kappa shape index (κ2) is 7.02. The monoisotopic (exact) mass is 351 g/mol. The number of piperazine rings is 1. The van der Waals surface area contributed by atoms with Crippen molar-refractivity contribution in [3.05, 3.63) is 35.7 Å². The minimum atomic E-state index is -0.139. The van der Waals surface area contributed by atoms with Crippen LogP contribution in [-0.4, -0.2) is 51.4 Å². The van der Waals surface area contributed by atoms with Crippen LogP contribution in [0.25, 0.3) is 11.5 Å². The van der Waals surface area contributed by atoms with Crippen molar-refractivity contribution in [1.29, 1.82) is 0 Å². The minimum absolute atomic E-state index is 0.139. The lowest BCUT2D eigenvalue weighted by Crippen LogP contribution is -2.57. The zero-order valence-electron chi connectivity index (χ0n) is 15.5. The van der Waals surface area contributed by atoms with Gasteiger partial charge in [0.2, 0.25) is 5.91 Å². The summed E-state index contributed by atoms with van der Waals surface area (Å²) in [5, 5.41) is 0. The van der Waals surface area contributed by atoms with Crippen molar-refractivity contribution in [2.75, 3.05) is 24.5 Å². The van der Waals surface area contributed by atoms with Gasteiger partial charge in [-0.25, -0.2) is 9.97 Å². The number of nitrogens with zero attached hydrogens (tertiary/aromatic N) is 5. The summed E-state index contributed by atoms with van der Waals surface area (Å²) in [6.07, 6.45) is 5.62. The van der Waals surface area contributed by atoms with Crippen molar-refractivity contribution >= 4 is 11.7 Å². The van der Waals surface area contributed by atoms with Crippen molar-refractivity contribution in [2.24, 2.45) is 0 Å². The van der Waals surface area contributed by atoms with Gasteiger partial charge in [0.25, 0.3) is 0 Å². The van der Waals surface area contributed by atoms with Gasteiger partial charge in [0.05, 0.1) is 0 Å². The quantitative estimate of drug-likeness (QED) is 0.847. The van der Waals surface area contributed by atoms with Crippen molar-refractivity contribution in [1.82, 2.24) is 19.9 Å². The smallest absolute Gasteiger partial charge is 0.245 e. The summed E-state index contributed by atoms with van der Waals surface area (Å²) in [6, 6.07) is 5.66. The van der Waals surface area contributed by atoms with Gasteiger partial charge in [-0.3, -0.25) is 9.78 Å². The van der Waals surface area contributed by atoms with Crippen LogP contribution in [0.15, 0.2) is 24.4 Å². The van der Waals surface area contributed by atoms with Gasteiger partial charge in [0.1, 0.15) is 17.6 Å². The second-order valence-corrected chi connectivity index (χ2v) is 6.90. The maximum atomic E-state index is 12.9. The number of rotatable bonds is 4. The highest BCUT2D eigenvalue weighted by Gasteiger charge is 2.36. The Bertz CT molecular complexity index is 807. The van der Waals surface area contributed by atoms with Crippen LogP contribution in [0.5, 0.6) is 0 Å². The van der Waals surface area contributed by atoms with Gasteiger partial charge >= 0.3 is 0 Å². The maximum Gasteiger partial charge on any atom is 0.245 e. The van der Waals surface area contributed by atoms with E-state index in [1.165, 1.54) is 5.56 Å². The van der Waals surface area contributed by atoms with Crippen LogP contribution in [0.1, 0.15) is 37.9 Å². The molecule has 6 nitrogen and oxygen atoms in total. The van der Waals surface area contributed by atoms with Crippen LogP contribution < -0.4 is 4.90 Å². The molecule has 1 saturated heterocycles. The predicted molar refractivity (Wildman–Crippen MR) is 101 cm³/mol. The molecule has 0 bridgehead atoms. The molecule has 2 aromatic heterocycles. The van der Waals surface area contributed by atoms with Crippen LogP contribution >= 0.6 is 0 Å². The SMILES string of the molecule is CCC1C(=O)N(CC)CCN1c1nc(-c2ccccn2)nc2c1CCC2. The zero-order valence-corrected chi connectivity index (χ0v) is 15.5. The number of aromatic nitrogens is 3. The summed E-state index contributed by atoms with van der Waals surface area (Å²) in [6.45, 7) is 6.47. The Labute approximate surface area is 154 Å². The van der Waals surface area contributed by atoms with Crippen LogP contribution in [0.4, 0.5) is 5.82 Å². The number of carbonyl (C=O) groups is 1. The van der Waals surface area contributed by atoms with Crippen LogP contribution in [-0.2, 0) is 17.6 Å². The predicted octanol–water partition coefficient (Wildman–Crippen LogP) is 2.47. The van der Waals surface area contributed by atoms with Gasteiger partial charge in [-0.05, 0) is 44.7 Å². The van der Waals surface area contributed by atoms with E-state index >= 15 is 0 Å². The van der Waals surface area contributed by atoms with E-state index in [4.69, 9.17) is 9.97 Å². The molecule has 2 aromatic rings. The molecule has 1 atom stereocenters. The molecule has 6 heteroatoms. The molecule has 2 aliphatic rings. The highest BCUT2D eigenvalue weighted by Crippen LogP contribution is 2.33. The van der Waals surface area contributed by atoms with E-state index in [1.54, 1.807) is 6.20 Å². The Balaban J connectivity index is 1.78. The van der Waals surface area contributed by atoms with E-state index in [2.05, 4.69) is 16.8 Å². The minimum Gasteiger partial charge on any atom is -0.342 e. The van der Waals surface area contributed by atoms with E-state index in [0.29, 0.717) is 5.82 Å². The first-order valence-corrected chi connectivity index (χ1v) is 9.59. The first-order valence-electron chi connectivity index (χ1n) is 9.59. The van der Waals surface area contributed by atoms with Crippen LogP contribution in [0.2, 0.25) is 0 Å². The third-order valence-electron chi connectivity index (χ3n) is 5.43. The molecular formula is C20H25N5O.